The van der Waals surface area contributed by atoms with E-state index >= 15 is 0 Å². The Labute approximate surface area is 95.5 Å². The number of alkyl halides is 2. The Morgan fingerprint density at radius 3 is 2.38 bits per heavy atom. The van der Waals surface area contributed by atoms with Gasteiger partial charge in [-0.3, -0.25) is 4.79 Å². The molecule has 0 aliphatic carbocycles. The van der Waals surface area contributed by atoms with E-state index in [1.807, 2.05) is 0 Å². The van der Waals surface area contributed by atoms with E-state index in [-0.39, 0.29) is 5.56 Å². The van der Waals surface area contributed by atoms with Crippen molar-refractivity contribution in [1.82, 2.24) is 0 Å². The second kappa shape index (κ2) is 4.52. The standard InChI is InChI=1S/C8H4Cl4O/c9-4-1-2-5(8(12)13)6(3-4)7(10)11/h1-3,7H. The van der Waals surface area contributed by atoms with Gasteiger partial charge in [0, 0.05) is 10.6 Å². The van der Waals surface area contributed by atoms with E-state index < -0.39 is 10.1 Å². The molecule has 0 atom stereocenters. The van der Waals surface area contributed by atoms with Gasteiger partial charge in [-0.15, -0.1) is 23.2 Å². The van der Waals surface area contributed by atoms with Crippen molar-refractivity contribution in [3.8, 4) is 0 Å². The van der Waals surface area contributed by atoms with Crippen molar-refractivity contribution in [2.45, 2.75) is 4.84 Å². The Morgan fingerprint density at radius 2 is 1.92 bits per heavy atom. The zero-order valence-electron chi connectivity index (χ0n) is 6.23. The Bertz CT molecular complexity index is 335. The Balaban J connectivity index is 3.26. The molecule has 1 rings (SSSR count). The molecule has 1 aromatic rings. The van der Waals surface area contributed by atoms with Crippen LogP contribution in [0.4, 0.5) is 0 Å². The monoisotopic (exact) mass is 256 g/mol. The summed E-state index contributed by atoms with van der Waals surface area (Å²) in [7, 11) is 0. The molecule has 70 valence electrons. The number of carbonyl (C=O) groups excluding carboxylic acids is 1. The summed E-state index contributed by atoms with van der Waals surface area (Å²) >= 11 is 22.2. The first-order valence-electron chi connectivity index (χ1n) is 3.30. The molecular formula is C8H4Cl4O. The van der Waals surface area contributed by atoms with Crippen LogP contribution in [0.5, 0.6) is 0 Å². The normalized spacial score (nSPS) is 10.5. The molecule has 0 saturated heterocycles. The molecule has 0 fully saturated rings. The van der Waals surface area contributed by atoms with Gasteiger partial charge < -0.3 is 0 Å². The number of hydrogen-bond acceptors (Lipinski definition) is 1. The van der Waals surface area contributed by atoms with Gasteiger partial charge in [-0.1, -0.05) is 11.6 Å². The average Bonchev–Trinajstić information content (AvgIpc) is 2.03. The largest absolute Gasteiger partial charge is 0.276 e. The summed E-state index contributed by atoms with van der Waals surface area (Å²) in [6.45, 7) is 0. The molecule has 0 amide bonds. The van der Waals surface area contributed by atoms with Crippen LogP contribution in [0.1, 0.15) is 20.8 Å². The minimum Gasteiger partial charge on any atom is -0.276 e. The molecule has 1 nitrogen and oxygen atoms in total. The van der Waals surface area contributed by atoms with E-state index in [0.717, 1.165) is 0 Å². The Hall–Kier alpha value is 0.0500. The van der Waals surface area contributed by atoms with Crippen molar-refractivity contribution in [2.75, 3.05) is 0 Å². The lowest BCUT2D eigenvalue weighted by molar-refractivity contribution is 0.108. The lowest BCUT2D eigenvalue weighted by Crippen LogP contribution is -1.96. The number of halogens is 4. The molecular weight excluding hydrogens is 254 g/mol. The second-order valence-corrected chi connectivity index (χ2v) is 4.18. The van der Waals surface area contributed by atoms with Gasteiger partial charge in [0.15, 0.2) is 0 Å². The first kappa shape index (κ1) is 11.1. The van der Waals surface area contributed by atoms with Crippen LogP contribution < -0.4 is 0 Å². The van der Waals surface area contributed by atoms with Gasteiger partial charge >= 0.3 is 0 Å². The van der Waals surface area contributed by atoms with Crippen molar-refractivity contribution >= 4 is 51.6 Å². The predicted molar refractivity (Wildman–Crippen MR) is 56.1 cm³/mol. The maximum absolute atomic E-state index is 10.9. The van der Waals surface area contributed by atoms with Crippen LogP contribution in [-0.4, -0.2) is 5.24 Å². The number of hydrogen-bond donors (Lipinski definition) is 0. The van der Waals surface area contributed by atoms with Gasteiger partial charge in [0.1, 0.15) is 4.84 Å². The van der Waals surface area contributed by atoms with Crippen LogP contribution in [0.2, 0.25) is 5.02 Å². The molecule has 0 aliphatic rings. The predicted octanol–water partition coefficient (Wildman–Crippen LogP) is 4.20. The third kappa shape index (κ3) is 2.75. The lowest BCUT2D eigenvalue weighted by atomic mass is 10.1. The van der Waals surface area contributed by atoms with Crippen LogP contribution in [0.25, 0.3) is 0 Å². The quantitative estimate of drug-likeness (QED) is 0.574. The summed E-state index contributed by atoms with van der Waals surface area (Å²) in [6.07, 6.45) is 0. The molecule has 13 heavy (non-hydrogen) atoms. The first-order valence-corrected chi connectivity index (χ1v) is 4.92. The zero-order valence-corrected chi connectivity index (χ0v) is 9.25. The molecule has 1 aromatic carbocycles. The molecule has 0 radical (unpaired) electrons. The highest BCUT2D eigenvalue weighted by Crippen LogP contribution is 2.30. The summed E-state index contributed by atoms with van der Waals surface area (Å²) in [5.74, 6) is 0. The van der Waals surface area contributed by atoms with Gasteiger partial charge in [0.25, 0.3) is 5.24 Å². The van der Waals surface area contributed by atoms with E-state index in [1.54, 1.807) is 6.07 Å². The van der Waals surface area contributed by atoms with Crippen LogP contribution in [-0.2, 0) is 0 Å². The molecule has 0 saturated carbocycles. The Morgan fingerprint density at radius 1 is 1.31 bits per heavy atom. The summed E-state index contributed by atoms with van der Waals surface area (Å²) in [4.78, 5) is 10.1. The van der Waals surface area contributed by atoms with Crippen molar-refractivity contribution in [1.29, 1.82) is 0 Å². The smallest absolute Gasteiger partial charge is 0.252 e. The van der Waals surface area contributed by atoms with E-state index in [4.69, 9.17) is 46.4 Å². The third-order valence-corrected chi connectivity index (χ3v) is 2.37. The third-order valence-electron chi connectivity index (χ3n) is 1.46. The first-order chi connectivity index (χ1) is 6.02. The van der Waals surface area contributed by atoms with Gasteiger partial charge in [-0.25, -0.2) is 0 Å². The minimum absolute atomic E-state index is 0.279. The number of carbonyl (C=O) groups is 1. The van der Waals surface area contributed by atoms with Crippen molar-refractivity contribution in [3.05, 3.63) is 34.3 Å². The van der Waals surface area contributed by atoms with Crippen LogP contribution in [0.3, 0.4) is 0 Å². The molecule has 0 heterocycles. The minimum atomic E-state index is -0.809. The summed E-state index contributed by atoms with van der Waals surface area (Å²) < 4.78 is 0. The molecule has 0 unspecified atom stereocenters. The molecule has 0 spiro atoms. The van der Waals surface area contributed by atoms with E-state index in [1.165, 1.54) is 12.1 Å². The number of benzene rings is 1. The van der Waals surface area contributed by atoms with Crippen molar-refractivity contribution in [3.63, 3.8) is 0 Å². The maximum atomic E-state index is 10.9. The van der Waals surface area contributed by atoms with E-state index in [0.29, 0.717) is 10.6 Å². The highest BCUT2D eigenvalue weighted by molar-refractivity contribution is 6.68. The fourth-order valence-electron chi connectivity index (χ4n) is 0.893. The molecule has 0 bridgehead atoms. The number of rotatable bonds is 2. The van der Waals surface area contributed by atoms with E-state index in [9.17, 15) is 4.79 Å². The molecule has 0 aliphatic heterocycles. The van der Waals surface area contributed by atoms with Crippen molar-refractivity contribution in [2.24, 2.45) is 0 Å². The SMILES string of the molecule is O=C(Cl)c1ccc(Cl)cc1C(Cl)Cl. The highest BCUT2D eigenvalue weighted by atomic mass is 35.5. The lowest BCUT2D eigenvalue weighted by Gasteiger charge is -2.06. The van der Waals surface area contributed by atoms with E-state index in [2.05, 4.69) is 0 Å². The summed E-state index contributed by atoms with van der Waals surface area (Å²) in [5, 5.41) is -0.138. The van der Waals surface area contributed by atoms with Gasteiger partial charge in [0.05, 0.1) is 0 Å². The summed E-state index contributed by atoms with van der Waals surface area (Å²) in [6, 6.07) is 4.56. The molecule has 0 aromatic heterocycles. The topological polar surface area (TPSA) is 17.1 Å². The van der Waals surface area contributed by atoms with Gasteiger partial charge in [0.2, 0.25) is 0 Å². The molecule has 0 N–H and O–H groups in total. The fraction of sp³-hybridized carbons (Fsp3) is 0.125. The fourth-order valence-corrected chi connectivity index (χ4v) is 1.61. The van der Waals surface area contributed by atoms with Gasteiger partial charge in [-0.2, -0.15) is 0 Å². The summed E-state index contributed by atoms with van der Waals surface area (Å²) in [5.41, 5.74) is 0.705. The zero-order chi connectivity index (χ0) is 10.0. The highest BCUT2D eigenvalue weighted by Gasteiger charge is 2.14. The average molecular weight is 258 g/mol. The van der Waals surface area contributed by atoms with Crippen LogP contribution in [0, 0.1) is 0 Å². The Kier molecular flexibility index (Phi) is 3.87. The van der Waals surface area contributed by atoms with Crippen molar-refractivity contribution < 1.29 is 4.79 Å². The van der Waals surface area contributed by atoms with Crippen LogP contribution >= 0.6 is 46.4 Å². The van der Waals surface area contributed by atoms with Crippen LogP contribution in [0.15, 0.2) is 18.2 Å². The second-order valence-electron chi connectivity index (χ2n) is 2.31. The van der Waals surface area contributed by atoms with Gasteiger partial charge in [-0.05, 0) is 35.4 Å². The maximum Gasteiger partial charge on any atom is 0.252 e. The molecule has 5 heteroatoms.